The first-order valence-electron chi connectivity index (χ1n) is 5.68. The zero-order chi connectivity index (χ0) is 13.6. The Morgan fingerprint density at radius 2 is 1.59 bits per heavy atom. The van der Waals surface area contributed by atoms with Crippen LogP contribution in [0.5, 0.6) is 0 Å². The third-order valence-corrected chi connectivity index (χ3v) is 3.12. The number of amides is 1. The Balaban J connectivity index is 4.58. The first-order chi connectivity index (χ1) is 7.77. The van der Waals surface area contributed by atoms with E-state index in [4.69, 9.17) is 5.11 Å². The van der Waals surface area contributed by atoms with Gasteiger partial charge in [-0.3, -0.25) is 4.79 Å². The fraction of sp³-hybridized carbons (Fsp3) is 0.667. The molecule has 5 nitrogen and oxygen atoms in total. The number of aliphatic hydroxyl groups is 1. The van der Waals surface area contributed by atoms with Crippen LogP contribution < -0.4 is 5.32 Å². The lowest BCUT2D eigenvalue weighted by molar-refractivity contribution is -0.133. The van der Waals surface area contributed by atoms with Crippen LogP contribution in [0.15, 0.2) is 11.1 Å². The Morgan fingerprint density at radius 1 is 1.12 bits per heavy atom. The molecule has 0 atom stereocenters. The van der Waals surface area contributed by atoms with Crippen molar-refractivity contribution in [1.29, 1.82) is 0 Å². The van der Waals surface area contributed by atoms with Crippen LogP contribution in [-0.2, 0) is 9.59 Å². The molecule has 0 saturated carbocycles. The summed E-state index contributed by atoms with van der Waals surface area (Å²) in [6.07, 6.45) is 1.06. The number of carbonyl (C=O) groups is 2. The van der Waals surface area contributed by atoms with E-state index in [-0.39, 0.29) is 17.7 Å². The van der Waals surface area contributed by atoms with Crippen molar-refractivity contribution in [3.63, 3.8) is 0 Å². The molecule has 17 heavy (non-hydrogen) atoms. The van der Waals surface area contributed by atoms with Gasteiger partial charge in [0.05, 0.1) is 5.60 Å². The maximum Gasteiger partial charge on any atom is 0.331 e. The molecule has 98 valence electrons. The maximum atomic E-state index is 11.6. The van der Waals surface area contributed by atoms with E-state index in [1.54, 1.807) is 0 Å². The molecule has 0 bridgehead atoms. The Morgan fingerprint density at radius 3 is 1.94 bits per heavy atom. The van der Waals surface area contributed by atoms with E-state index in [1.165, 1.54) is 13.8 Å². The minimum atomic E-state index is -1.11. The molecule has 1 amide bonds. The summed E-state index contributed by atoms with van der Waals surface area (Å²) in [5.41, 5.74) is -0.751. The molecule has 0 aromatic carbocycles. The summed E-state index contributed by atoms with van der Waals surface area (Å²) in [4.78, 5) is 22.3. The van der Waals surface area contributed by atoms with Crippen molar-refractivity contribution < 1.29 is 19.8 Å². The number of aliphatic carboxylic acids is 1. The van der Waals surface area contributed by atoms with E-state index < -0.39 is 17.5 Å². The quantitative estimate of drug-likeness (QED) is 0.609. The van der Waals surface area contributed by atoms with Crippen LogP contribution in [0.2, 0.25) is 0 Å². The molecule has 0 aromatic heterocycles. The molecular formula is C12H21NO4. The van der Waals surface area contributed by atoms with Crippen LogP contribution in [-0.4, -0.2) is 34.2 Å². The average molecular weight is 243 g/mol. The minimum absolute atomic E-state index is 0.0130. The lowest BCUT2D eigenvalue weighted by Crippen LogP contribution is -2.42. The highest BCUT2D eigenvalue weighted by molar-refractivity contribution is 6.01. The van der Waals surface area contributed by atoms with Crippen molar-refractivity contribution in [2.75, 3.05) is 6.54 Å². The number of nitrogens with one attached hydrogen (secondary N) is 1. The smallest absolute Gasteiger partial charge is 0.331 e. The van der Waals surface area contributed by atoms with E-state index in [1.807, 2.05) is 13.8 Å². The summed E-state index contributed by atoms with van der Waals surface area (Å²) < 4.78 is 0. The second-order valence-electron chi connectivity index (χ2n) is 4.17. The lowest BCUT2D eigenvalue weighted by atomic mass is 9.97. The second kappa shape index (κ2) is 6.39. The largest absolute Gasteiger partial charge is 0.478 e. The van der Waals surface area contributed by atoms with Gasteiger partial charge in [0.15, 0.2) is 0 Å². The van der Waals surface area contributed by atoms with Crippen molar-refractivity contribution in [2.24, 2.45) is 0 Å². The molecule has 0 aliphatic rings. The highest BCUT2D eigenvalue weighted by Gasteiger charge is 2.23. The second-order valence-corrected chi connectivity index (χ2v) is 4.17. The fourth-order valence-electron chi connectivity index (χ4n) is 1.21. The number of carboxylic acid groups (broad SMARTS) is 1. The monoisotopic (exact) mass is 243 g/mol. The first kappa shape index (κ1) is 15.6. The molecule has 5 heteroatoms. The van der Waals surface area contributed by atoms with Gasteiger partial charge in [0.25, 0.3) is 0 Å². The molecule has 0 aliphatic carbocycles. The van der Waals surface area contributed by atoms with Gasteiger partial charge < -0.3 is 15.5 Å². The van der Waals surface area contributed by atoms with Gasteiger partial charge in [-0.05, 0) is 26.7 Å². The molecule has 0 spiro atoms. The highest BCUT2D eigenvalue weighted by atomic mass is 16.4. The number of carbonyl (C=O) groups excluding carboxylic acids is 1. The average Bonchev–Trinajstić information content (AvgIpc) is 2.33. The van der Waals surface area contributed by atoms with Gasteiger partial charge in [0, 0.05) is 17.7 Å². The number of carboxylic acids is 1. The zero-order valence-electron chi connectivity index (χ0n) is 10.8. The van der Waals surface area contributed by atoms with Crippen molar-refractivity contribution >= 4 is 11.9 Å². The summed E-state index contributed by atoms with van der Waals surface area (Å²) in [6, 6.07) is 0. The van der Waals surface area contributed by atoms with E-state index in [0.29, 0.717) is 12.8 Å². The van der Waals surface area contributed by atoms with Crippen LogP contribution in [0.4, 0.5) is 0 Å². The Bertz CT molecular complexity index is 329. The van der Waals surface area contributed by atoms with E-state index in [2.05, 4.69) is 5.32 Å². The number of rotatable bonds is 6. The topological polar surface area (TPSA) is 86.6 Å². The van der Waals surface area contributed by atoms with Crippen LogP contribution in [0.1, 0.15) is 40.5 Å². The molecule has 0 saturated heterocycles. The summed E-state index contributed by atoms with van der Waals surface area (Å²) in [6.45, 7) is 6.63. The maximum absolute atomic E-state index is 11.6. The van der Waals surface area contributed by atoms with Crippen LogP contribution in [0.25, 0.3) is 0 Å². The van der Waals surface area contributed by atoms with Crippen molar-refractivity contribution in [3.05, 3.63) is 11.1 Å². The molecule has 0 rings (SSSR count). The van der Waals surface area contributed by atoms with Crippen LogP contribution >= 0.6 is 0 Å². The molecular weight excluding hydrogens is 222 g/mol. The van der Waals surface area contributed by atoms with Crippen molar-refractivity contribution in [1.82, 2.24) is 5.32 Å². The van der Waals surface area contributed by atoms with E-state index >= 15 is 0 Å². The van der Waals surface area contributed by atoms with Gasteiger partial charge in [0.1, 0.15) is 0 Å². The van der Waals surface area contributed by atoms with Gasteiger partial charge >= 0.3 is 5.97 Å². The number of hydrogen-bond donors (Lipinski definition) is 3. The van der Waals surface area contributed by atoms with Gasteiger partial charge in [-0.25, -0.2) is 4.79 Å². The number of hydrogen-bond acceptors (Lipinski definition) is 3. The predicted molar refractivity (Wildman–Crippen MR) is 64.6 cm³/mol. The lowest BCUT2D eigenvalue weighted by Gasteiger charge is -2.25. The van der Waals surface area contributed by atoms with Crippen LogP contribution in [0.3, 0.4) is 0 Å². The Labute approximate surface area is 102 Å². The first-order valence-corrected chi connectivity index (χ1v) is 5.68. The summed E-state index contributed by atoms with van der Waals surface area (Å²) >= 11 is 0. The highest BCUT2D eigenvalue weighted by Crippen LogP contribution is 2.13. The van der Waals surface area contributed by atoms with Crippen molar-refractivity contribution in [3.8, 4) is 0 Å². The zero-order valence-corrected chi connectivity index (χ0v) is 10.8. The van der Waals surface area contributed by atoms with Crippen molar-refractivity contribution in [2.45, 2.75) is 46.1 Å². The Hall–Kier alpha value is -1.36. The normalized spacial score (nSPS) is 13.0. The fourth-order valence-corrected chi connectivity index (χ4v) is 1.21. The predicted octanol–water partition coefficient (Wildman–Crippen LogP) is 1.07. The summed E-state index contributed by atoms with van der Waals surface area (Å²) in [7, 11) is 0. The van der Waals surface area contributed by atoms with Gasteiger partial charge in [0.2, 0.25) is 5.91 Å². The van der Waals surface area contributed by atoms with Crippen LogP contribution in [0, 0.1) is 0 Å². The van der Waals surface area contributed by atoms with Gasteiger partial charge in [-0.2, -0.15) is 0 Å². The molecule has 0 aliphatic heterocycles. The SMILES string of the molecule is CCC(O)(CC)CNC(=O)C(C)=C(C)C(=O)O. The summed E-state index contributed by atoms with van der Waals surface area (Å²) in [5.74, 6) is -1.57. The van der Waals surface area contributed by atoms with Gasteiger partial charge in [-0.15, -0.1) is 0 Å². The standard InChI is InChI=1S/C12H21NO4/c1-5-12(17,6-2)7-13-10(14)8(3)9(4)11(15)16/h17H,5-7H2,1-4H3,(H,13,14)(H,15,16). The summed E-state index contributed by atoms with van der Waals surface area (Å²) in [5, 5.41) is 21.2. The molecule has 0 unspecified atom stereocenters. The molecule has 0 aromatic rings. The molecule has 3 N–H and O–H groups in total. The third kappa shape index (κ3) is 4.56. The molecule has 0 heterocycles. The molecule has 0 fully saturated rings. The Kier molecular flexibility index (Phi) is 5.88. The molecule has 0 radical (unpaired) electrons. The van der Waals surface area contributed by atoms with E-state index in [0.717, 1.165) is 0 Å². The third-order valence-electron chi connectivity index (χ3n) is 3.12. The van der Waals surface area contributed by atoms with Gasteiger partial charge in [-0.1, -0.05) is 13.8 Å². The minimum Gasteiger partial charge on any atom is -0.478 e. The van der Waals surface area contributed by atoms with E-state index in [9.17, 15) is 14.7 Å².